The van der Waals surface area contributed by atoms with Crippen LogP contribution in [0, 0.1) is 5.82 Å². The van der Waals surface area contributed by atoms with E-state index in [1.54, 1.807) is 0 Å². The zero-order chi connectivity index (χ0) is 40.0. The topological polar surface area (TPSA) is 11.4 Å². The molecule has 0 aliphatic heterocycles. The molecule has 0 aliphatic rings. The molecule has 284 valence electrons. The van der Waals surface area contributed by atoms with E-state index in [1.165, 1.54) is 33.7 Å². The van der Waals surface area contributed by atoms with Crippen LogP contribution in [0.3, 0.4) is 0 Å². The Hall–Kier alpha value is -7.95. The number of nitrogens with zero attached hydrogens (tertiary/aromatic N) is 3. The Morgan fingerprint density at radius 1 is 0.333 bits per heavy atom. The Bertz CT molecular complexity index is 3320. The molecule has 0 saturated carbocycles. The maximum Gasteiger partial charge on any atom is 0.123 e. The minimum Gasteiger partial charge on any atom is -0.310 e. The van der Waals surface area contributed by atoms with Crippen molar-refractivity contribution in [1.29, 1.82) is 0 Å². The molecule has 0 spiro atoms. The molecule has 0 bridgehead atoms. The molecule has 0 aliphatic carbocycles. The predicted octanol–water partition coefficient (Wildman–Crippen LogP) is 15.8. The zero-order valence-corrected chi connectivity index (χ0v) is 32.7. The monoisotopic (exact) mass is 771 g/mol. The average Bonchev–Trinajstić information content (AvgIpc) is 3.64. The van der Waals surface area contributed by atoms with E-state index in [1.807, 2.05) is 18.2 Å². The maximum atomic E-state index is 14.4. The van der Waals surface area contributed by atoms with E-state index in [2.05, 4.69) is 215 Å². The number of halogens is 1. The first kappa shape index (κ1) is 35.2. The molecule has 10 aromatic carbocycles. The van der Waals surface area contributed by atoms with Gasteiger partial charge in [0.05, 0.1) is 16.7 Å². The van der Waals surface area contributed by atoms with Gasteiger partial charge in [-0.05, 0) is 130 Å². The summed E-state index contributed by atoms with van der Waals surface area (Å²) in [6.45, 7) is 0. The molecule has 1 aromatic heterocycles. The number of hydrogen-bond donors (Lipinski definition) is 0. The van der Waals surface area contributed by atoms with E-state index in [0.29, 0.717) is 0 Å². The Balaban J connectivity index is 1.02. The smallest absolute Gasteiger partial charge is 0.123 e. The van der Waals surface area contributed by atoms with E-state index in [9.17, 15) is 4.39 Å². The summed E-state index contributed by atoms with van der Waals surface area (Å²) >= 11 is 0. The van der Waals surface area contributed by atoms with Gasteiger partial charge in [-0.2, -0.15) is 0 Å². The second-order valence-corrected chi connectivity index (χ2v) is 15.1. The highest BCUT2D eigenvalue weighted by Gasteiger charge is 2.20. The summed E-state index contributed by atoms with van der Waals surface area (Å²) in [6, 6.07) is 80.1. The largest absolute Gasteiger partial charge is 0.310 e. The Morgan fingerprint density at radius 3 is 1.65 bits per heavy atom. The molecule has 1 heterocycles. The van der Waals surface area contributed by atoms with Crippen molar-refractivity contribution in [1.82, 2.24) is 4.57 Å². The lowest BCUT2D eigenvalue weighted by atomic mass is 9.96. The highest BCUT2D eigenvalue weighted by molar-refractivity contribution is 6.11. The molecule has 3 nitrogen and oxygen atoms in total. The van der Waals surface area contributed by atoms with Gasteiger partial charge >= 0.3 is 0 Å². The fourth-order valence-corrected chi connectivity index (χ4v) is 8.83. The number of rotatable bonds is 8. The predicted molar refractivity (Wildman–Crippen MR) is 251 cm³/mol. The number of anilines is 6. The molecule has 0 radical (unpaired) electrons. The lowest BCUT2D eigenvalue weighted by molar-refractivity contribution is 0.628. The lowest BCUT2D eigenvalue weighted by Gasteiger charge is -2.28. The van der Waals surface area contributed by atoms with Crippen LogP contribution >= 0.6 is 0 Å². The average molecular weight is 772 g/mol. The van der Waals surface area contributed by atoms with E-state index < -0.39 is 0 Å². The molecule has 11 rings (SSSR count). The summed E-state index contributed by atoms with van der Waals surface area (Å²) in [5.41, 5.74) is 11.8. The minimum atomic E-state index is -0.266. The zero-order valence-electron chi connectivity index (χ0n) is 32.7. The molecule has 4 heteroatoms. The van der Waals surface area contributed by atoms with Gasteiger partial charge in [-0.25, -0.2) is 4.39 Å². The van der Waals surface area contributed by atoms with Crippen molar-refractivity contribution in [2.45, 2.75) is 0 Å². The van der Waals surface area contributed by atoms with Crippen LogP contribution < -0.4 is 9.80 Å². The highest BCUT2D eigenvalue weighted by atomic mass is 19.1. The van der Waals surface area contributed by atoms with Crippen molar-refractivity contribution in [2.75, 3.05) is 9.80 Å². The molecule has 11 aromatic rings. The summed E-state index contributed by atoms with van der Waals surface area (Å²) in [5.74, 6) is -0.266. The molecule has 0 unspecified atom stereocenters. The summed E-state index contributed by atoms with van der Waals surface area (Å²) in [5, 5.41) is 7.06. The lowest BCUT2D eigenvalue weighted by Crippen LogP contribution is -2.10. The van der Waals surface area contributed by atoms with Crippen LogP contribution in [0.4, 0.5) is 38.5 Å². The first-order chi connectivity index (χ1) is 29.7. The number of aromatic nitrogens is 1. The van der Waals surface area contributed by atoms with E-state index >= 15 is 0 Å². The standard InChI is InChI=1S/C56H38FN3/c57-42-26-31-46(32-27-42)58(48-33-35-56-53(38-48)52-21-11-12-22-54(52)60(56)44-17-5-2-6-18-44)45-28-24-40(25-29-45)49-34-36-55(51-20-10-9-19-50(49)51)59(43-15-3-1-4-16-43)47-30-23-39-13-7-8-14-41(39)37-47/h1-38H. The molecule has 0 fully saturated rings. The van der Waals surface area contributed by atoms with Gasteiger partial charge < -0.3 is 14.4 Å². The van der Waals surface area contributed by atoms with Gasteiger partial charge in [0.15, 0.2) is 0 Å². The fraction of sp³-hybridized carbons (Fsp3) is 0. The van der Waals surface area contributed by atoms with Crippen LogP contribution in [0.15, 0.2) is 231 Å². The molecular formula is C56H38FN3. The van der Waals surface area contributed by atoms with Crippen molar-refractivity contribution in [3.63, 3.8) is 0 Å². The Labute approximate surface area is 348 Å². The second-order valence-electron chi connectivity index (χ2n) is 15.1. The molecule has 0 amide bonds. The third-order valence-corrected chi connectivity index (χ3v) is 11.6. The van der Waals surface area contributed by atoms with Crippen LogP contribution in [-0.2, 0) is 0 Å². The number of benzene rings is 10. The van der Waals surface area contributed by atoms with Crippen LogP contribution in [-0.4, -0.2) is 4.57 Å². The summed E-state index contributed by atoms with van der Waals surface area (Å²) < 4.78 is 16.7. The minimum absolute atomic E-state index is 0.266. The summed E-state index contributed by atoms with van der Waals surface area (Å²) in [4.78, 5) is 4.57. The Kier molecular flexibility index (Phi) is 8.67. The number of para-hydroxylation sites is 3. The normalized spacial score (nSPS) is 11.4. The highest BCUT2D eigenvalue weighted by Crippen LogP contribution is 2.44. The first-order valence-electron chi connectivity index (χ1n) is 20.3. The molecule has 0 atom stereocenters. The molecular weight excluding hydrogens is 734 g/mol. The van der Waals surface area contributed by atoms with Gasteiger partial charge in [0.25, 0.3) is 0 Å². The van der Waals surface area contributed by atoms with Crippen LogP contribution in [0.1, 0.15) is 0 Å². The van der Waals surface area contributed by atoms with Gasteiger partial charge in [-0.3, -0.25) is 0 Å². The van der Waals surface area contributed by atoms with Gasteiger partial charge in [-0.1, -0.05) is 127 Å². The third kappa shape index (κ3) is 6.14. The van der Waals surface area contributed by atoms with E-state index in [-0.39, 0.29) is 5.82 Å². The first-order valence-corrected chi connectivity index (χ1v) is 20.3. The van der Waals surface area contributed by atoms with Crippen LogP contribution in [0.25, 0.3) is 60.2 Å². The number of hydrogen-bond acceptors (Lipinski definition) is 2. The van der Waals surface area contributed by atoms with Crippen molar-refractivity contribution in [3.8, 4) is 16.8 Å². The van der Waals surface area contributed by atoms with Gasteiger partial charge in [0.2, 0.25) is 0 Å². The van der Waals surface area contributed by atoms with Gasteiger partial charge in [-0.15, -0.1) is 0 Å². The van der Waals surface area contributed by atoms with Crippen LogP contribution in [0.5, 0.6) is 0 Å². The molecule has 0 saturated heterocycles. The quantitative estimate of drug-likeness (QED) is 0.152. The maximum absolute atomic E-state index is 14.4. The van der Waals surface area contributed by atoms with Crippen molar-refractivity contribution >= 4 is 77.5 Å². The van der Waals surface area contributed by atoms with Crippen molar-refractivity contribution in [3.05, 3.63) is 236 Å². The third-order valence-electron chi connectivity index (χ3n) is 11.6. The number of fused-ring (bicyclic) bond motifs is 5. The summed E-state index contributed by atoms with van der Waals surface area (Å²) in [6.07, 6.45) is 0. The van der Waals surface area contributed by atoms with Crippen molar-refractivity contribution in [2.24, 2.45) is 0 Å². The van der Waals surface area contributed by atoms with E-state index in [4.69, 9.17) is 0 Å². The second kappa shape index (κ2) is 14.8. The fourth-order valence-electron chi connectivity index (χ4n) is 8.83. The van der Waals surface area contributed by atoms with Crippen LogP contribution in [0.2, 0.25) is 0 Å². The van der Waals surface area contributed by atoms with Crippen molar-refractivity contribution < 1.29 is 4.39 Å². The van der Waals surface area contributed by atoms with E-state index in [0.717, 1.165) is 72.7 Å². The summed E-state index contributed by atoms with van der Waals surface area (Å²) in [7, 11) is 0. The Morgan fingerprint density at radius 2 is 0.883 bits per heavy atom. The molecule has 60 heavy (non-hydrogen) atoms. The van der Waals surface area contributed by atoms with Gasteiger partial charge in [0.1, 0.15) is 5.82 Å². The van der Waals surface area contributed by atoms with Gasteiger partial charge in [0, 0.05) is 50.3 Å². The molecule has 0 N–H and O–H groups in total. The SMILES string of the molecule is Fc1ccc(N(c2ccc(-c3ccc(N(c4ccccc4)c4ccc5ccccc5c4)c4ccccc34)cc2)c2ccc3c(c2)c2ccccc2n3-c2ccccc2)cc1.